The van der Waals surface area contributed by atoms with Crippen molar-refractivity contribution in [2.75, 3.05) is 42.5 Å². The third kappa shape index (κ3) is 5.03. The summed E-state index contributed by atoms with van der Waals surface area (Å²) in [6.45, 7) is 5.28. The Morgan fingerprint density at radius 2 is 1.70 bits per heavy atom. The molecule has 0 spiro atoms. The predicted molar refractivity (Wildman–Crippen MR) is 127 cm³/mol. The number of aromatic nitrogens is 2. The maximum absolute atomic E-state index is 13.3. The van der Waals surface area contributed by atoms with Crippen molar-refractivity contribution < 1.29 is 9.18 Å². The first-order valence-electron chi connectivity index (χ1n) is 11.3. The number of nitriles is 1. The fourth-order valence-electron chi connectivity index (χ4n) is 3.99. The van der Waals surface area contributed by atoms with Crippen LogP contribution in [0.1, 0.15) is 31.4 Å². The normalized spacial score (nSPS) is 14.7. The Labute approximate surface area is 192 Å². The number of nitrogens with zero attached hydrogens (tertiary/aromatic N) is 5. The molecule has 1 aromatic heterocycles. The number of halogens is 1. The maximum Gasteiger partial charge on any atom is 0.243 e. The number of unbranched alkanes of at least 4 members (excludes halogenated alkanes) is 1. The molecule has 1 saturated heterocycles. The van der Waals surface area contributed by atoms with E-state index in [-0.39, 0.29) is 11.7 Å². The lowest BCUT2D eigenvalue weighted by atomic mass is 10.0. The summed E-state index contributed by atoms with van der Waals surface area (Å²) in [7, 11) is 0. The van der Waals surface area contributed by atoms with Crippen molar-refractivity contribution in [3.05, 3.63) is 60.0 Å². The molecular weight excluding hydrogens is 419 g/mol. The summed E-state index contributed by atoms with van der Waals surface area (Å²) in [5.41, 5.74) is 2.73. The molecular formula is C25H27FN6O. The molecule has 7 nitrogen and oxygen atoms in total. The number of fused-ring (bicyclic) bond motifs is 1. The standard InChI is InChI=1S/C25H27FN6O/c1-2-3-12-28-25(33)20(17-27)23-24(30-22-7-5-4-6-21(22)29-23)32-15-13-31(14-16-32)19-10-8-18(26)9-11-19/h4-11,20H,2-3,12-16H2,1H3,(H,28,33). The van der Waals surface area contributed by atoms with Crippen LogP contribution in [0.25, 0.3) is 11.0 Å². The minimum Gasteiger partial charge on any atom is -0.368 e. The van der Waals surface area contributed by atoms with Gasteiger partial charge in [0.1, 0.15) is 11.5 Å². The van der Waals surface area contributed by atoms with Crippen molar-refractivity contribution in [3.8, 4) is 6.07 Å². The van der Waals surface area contributed by atoms with E-state index in [1.54, 1.807) is 12.1 Å². The molecule has 33 heavy (non-hydrogen) atoms. The third-order valence-corrected chi connectivity index (χ3v) is 5.84. The number of carbonyl (C=O) groups excluding carboxylic acids is 1. The molecule has 1 aliphatic rings. The zero-order chi connectivity index (χ0) is 23.2. The first-order valence-corrected chi connectivity index (χ1v) is 11.3. The summed E-state index contributed by atoms with van der Waals surface area (Å²) < 4.78 is 13.3. The molecule has 0 saturated carbocycles. The van der Waals surface area contributed by atoms with Crippen molar-refractivity contribution in [2.24, 2.45) is 0 Å². The van der Waals surface area contributed by atoms with Gasteiger partial charge in [0.05, 0.1) is 17.1 Å². The third-order valence-electron chi connectivity index (χ3n) is 5.84. The van der Waals surface area contributed by atoms with E-state index in [9.17, 15) is 14.4 Å². The highest BCUT2D eigenvalue weighted by Gasteiger charge is 2.30. The second kappa shape index (κ2) is 10.3. The van der Waals surface area contributed by atoms with Crippen molar-refractivity contribution in [1.82, 2.24) is 15.3 Å². The van der Waals surface area contributed by atoms with E-state index in [0.29, 0.717) is 49.8 Å². The van der Waals surface area contributed by atoms with Crippen molar-refractivity contribution in [2.45, 2.75) is 25.7 Å². The second-order valence-electron chi connectivity index (χ2n) is 8.08. The smallest absolute Gasteiger partial charge is 0.243 e. The quantitative estimate of drug-likeness (QED) is 0.558. The Morgan fingerprint density at radius 3 is 2.33 bits per heavy atom. The summed E-state index contributed by atoms with van der Waals surface area (Å²) in [5, 5.41) is 12.7. The molecule has 1 N–H and O–H groups in total. The van der Waals surface area contributed by atoms with Crippen LogP contribution >= 0.6 is 0 Å². The van der Waals surface area contributed by atoms with Gasteiger partial charge >= 0.3 is 0 Å². The topological polar surface area (TPSA) is 85.1 Å². The van der Waals surface area contributed by atoms with Crippen molar-refractivity contribution in [3.63, 3.8) is 0 Å². The summed E-state index contributed by atoms with van der Waals surface area (Å²) in [6.07, 6.45) is 1.81. The highest BCUT2D eigenvalue weighted by Crippen LogP contribution is 2.29. The van der Waals surface area contributed by atoms with Gasteiger partial charge in [-0.15, -0.1) is 0 Å². The Bertz CT molecular complexity index is 1150. The number of nitrogens with one attached hydrogen (secondary N) is 1. The molecule has 1 amide bonds. The zero-order valence-corrected chi connectivity index (χ0v) is 18.7. The molecule has 8 heteroatoms. The molecule has 0 aliphatic carbocycles. The van der Waals surface area contributed by atoms with Crippen LogP contribution in [0.2, 0.25) is 0 Å². The van der Waals surface area contributed by atoms with Crippen molar-refractivity contribution in [1.29, 1.82) is 5.26 Å². The molecule has 0 bridgehead atoms. The summed E-state index contributed by atoms with van der Waals surface area (Å²) in [5.74, 6) is -1.07. The average Bonchev–Trinajstić information content (AvgIpc) is 2.85. The average molecular weight is 447 g/mol. The number of amides is 1. The molecule has 3 aromatic rings. The molecule has 1 atom stereocenters. The van der Waals surface area contributed by atoms with Gasteiger partial charge in [-0.1, -0.05) is 25.5 Å². The van der Waals surface area contributed by atoms with E-state index in [1.165, 1.54) is 12.1 Å². The van der Waals surface area contributed by atoms with Gasteiger partial charge in [-0.2, -0.15) is 5.26 Å². The molecule has 0 radical (unpaired) electrons. The Balaban J connectivity index is 1.61. The monoisotopic (exact) mass is 446 g/mol. The van der Waals surface area contributed by atoms with Crippen LogP contribution in [0.5, 0.6) is 0 Å². The molecule has 1 aliphatic heterocycles. The van der Waals surface area contributed by atoms with Crippen LogP contribution in [-0.4, -0.2) is 48.6 Å². The lowest BCUT2D eigenvalue weighted by molar-refractivity contribution is -0.121. The van der Waals surface area contributed by atoms with Crippen LogP contribution in [-0.2, 0) is 4.79 Å². The van der Waals surface area contributed by atoms with Crippen LogP contribution in [0, 0.1) is 17.1 Å². The number of para-hydroxylation sites is 2. The van der Waals surface area contributed by atoms with Gasteiger partial charge in [-0.05, 0) is 42.8 Å². The lowest BCUT2D eigenvalue weighted by Crippen LogP contribution is -2.47. The second-order valence-corrected chi connectivity index (χ2v) is 8.08. The van der Waals surface area contributed by atoms with Gasteiger partial charge < -0.3 is 15.1 Å². The van der Waals surface area contributed by atoms with Crippen molar-refractivity contribution >= 4 is 28.4 Å². The highest BCUT2D eigenvalue weighted by atomic mass is 19.1. The van der Waals surface area contributed by atoms with Gasteiger partial charge in [0.2, 0.25) is 5.91 Å². The number of anilines is 2. The summed E-state index contributed by atoms with van der Waals surface area (Å²) in [4.78, 5) is 26.6. The SMILES string of the molecule is CCCCNC(=O)C(C#N)c1nc2ccccc2nc1N1CCN(c2ccc(F)cc2)CC1. The number of carbonyl (C=O) groups is 1. The van der Waals surface area contributed by atoms with Gasteiger partial charge in [0, 0.05) is 38.4 Å². The highest BCUT2D eigenvalue weighted by molar-refractivity contribution is 5.88. The number of hydrogen-bond acceptors (Lipinski definition) is 6. The molecule has 1 fully saturated rings. The van der Waals surface area contributed by atoms with Crippen LogP contribution in [0.4, 0.5) is 15.9 Å². The molecule has 1 unspecified atom stereocenters. The van der Waals surface area contributed by atoms with Crippen LogP contribution in [0.3, 0.4) is 0 Å². The van der Waals surface area contributed by atoms with E-state index in [1.807, 2.05) is 31.2 Å². The molecule has 2 aromatic carbocycles. The van der Waals surface area contributed by atoms with Gasteiger partial charge in [-0.25, -0.2) is 14.4 Å². The molecule has 170 valence electrons. The molecule has 2 heterocycles. The largest absolute Gasteiger partial charge is 0.368 e. The minimum atomic E-state index is -1.04. The van der Waals surface area contributed by atoms with E-state index in [4.69, 9.17) is 9.97 Å². The predicted octanol–water partition coefficient (Wildman–Crippen LogP) is 3.62. The van der Waals surface area contributed by atoms with E-state index >= 15 is 0 Å². The fraction of sp³-hybridized carbons (Fsp3) is 0.360. The van der Waals surface area contributed by atoms with E-state index in [0.717, 1.165) is 24.0 Å². The van der Waals surface area contributed by atoms with E-state index < -0.39 is 5.92 Å². The number of rotatable bonds is 7. The molecule has 4 rings (SSSR count). The van der Waals surface area contributed by atoms with Crippen LogP contribution in [0.15, 0.2) is 48.5 Å². The van der Waals surface area contributed by atoms with Gasteiger partial charge in [0.15, 0.2) is 11.7 Å². The first kappa shape index (κ1) is 22.5. The number of hydrogen-bond donors (Lipinski definition) is 1. The summed E-state index contributed by atoms with van der Waals surface area (Å²) in [6, 6.07) is 16.1. The first-order chi connectivity index (χ1) is 16.1. The fourth-order valence-corrected chi connectivity index (χ4v) is 3.99. The Kier molecular flexibility index (Phi) is 6.98. The van der Waals surface area contributed by atoms with Gasteiger partial charge in [-0.3, -0.25) is 4.79 Å². The number of benzene rings is 2. The minimum absolute atomic E-state index is 0.256. The van der Waals surface area contributed by atoms with Gasteiger partial charge in [0.25, 0.3) is 0 Å². The zero-order valence-electron chi connectivity index (χ0n) is 18.7. The lowest BCUT2D eigenvalue weighted by Gasteiger charge is -2.37. The van der Waals surface area contributed by atoms with E-state index in [2.05, 4.69) is 21.2 Å². The Hall–Kier alpha value is -3.73. The Morgan fingerprint density at radius 1 is 1.06 bits per heavy atom. The number of piperazine rings is 1. The maximum atomic E-state index is 13.3. The van der Waals surface area contributed by atoms with Crippen LogP contribution < -0.4 is 15.1 Å². The summed E-state index contributed by atoms with van der Waals surface area (Å²) >= 11 is 0.